The van der Waals surface area contributed by atoms with Gasteiger partial charge in [-0.1, -0.05) is 28.1 Å². The fourth-order valence-electron chi connectivity index (χ4n) is 1.44. The number of hydrogen-bond acceptors (Lipinski definition) is 4. The van der Waals surface area contributed by atoms with Crippen LogP contribution in [0.4, 0.5) is 0 Å². The van der Waals surface area contributed by atoms with Crippen LogP contribution in [0.2, 0.25) is 0 Å². The van der Waals surface area contributed by atoms with Crippen molar-refractivity contribution < 1.29 is 14.5 Å². The Labute approximate surface area is 119 Å². The zero-order valence-electron chi connectivity index (χ0n) is 10.5. The SMILES string of the molecule is CC(=O)OCCCC(=Cc1ccc(Br)cc1)[N+](=O)[O-]. The number of carbonyl (C=O) groups is 1. The van der Waals surface area contributed by atoms with E-state index in [0.29, 0.717) is 6.42 Å². The molecule has 0 aliphatic heterocycles. The molecule has 0 spiro atoms. The topological polar surface area (TPSA) is 69.4 Å². The lowest BCUT2D eigenvalue weighted by atomic mass is 10.1. The van der Waals surface area contributed by atoms with Gasteiger partial charge in [0.2, 0.25) is 5.70 Å². The lowest BCUT2D eigenvalue weighted by Crippen LogP contribution is -2.04. The predicted octanol–water partition coefficient (Wildman–Crippen LogP) is 3.41. The lowest BCUT2D eigenvalue weighted by molar-refractivity contribution is -0.426. The van der Waals surface area contributed by atoms with Crippen LogP contribution in [0.1, 0.15) is 25.3 Å². The highest BCUT2D eigenvalue weighted by Gasteiger charge is 2.10. The molecule has 1 rings (SSSR count). The standard InChI is InChI=1S/C13H14BrNO4/c1-10(16)19-8-2-3-13(15(17)18)9-11-4-6-12(14)7-5-11/h4-7,9H,2-3,8H2,1H3. The molecule has 0 atom stereocenters. The van der Waals surface area contributed by atoms with Crippen LogP contribution in [0.25, 0.3) is 6.08 Å². The first-order valence-electron chi connectivity index (χ1n) is 5.73. The van der Waals surface area contributed by atoms with Crippen molar-refractivity contribution in [2.75, 3.05) is 6.61 Å². The zero-order valence-corrected chi connectivity index (χ0v) is 12.1. The minimum Gasteiger partial charge on any atom is -0.466 e. The summed E-state index contributed by atoms with van der Waals surface area (Å²) >= 11 is 3.30. The van der Waals surface area contributed by atoms with E-state index in [0.717, 1.165) is 10.0 Å². The summed E-state index contributed by atoms with van der Waals surface area (Å²) in [6, 6.07) is 7.23. The van der Waals surface area contributed by atoms with Crippen LogP contribution in [-0.2, 0) is 9.53 Å². The molecule has 0 aliphatic rings. The Bertz CT molecular complexity index is 482. The van der Waals surface area contributed by atoms with Crippen molar-refractivity contribution in [1.29, 1.82) is 0 Å². The smallest absolute Gasteiger partial charge is 0.302 e. The zero-order chi connectivity index (χ0) is 14.3. The van der Waals surface area contributed by atoms with Gasteiger partial charge in [-0.3, -0.25) is 14.9 Å². The molecule has 1 aromatic rings. The maximum Gasteiger partial charge on any atom is 0.302 e. The molecule has 0 N–H and O–H groups in total. The van der Waals surface area contributed by atoms with Gasteiger partial charge in [-0.15, -0.1) is 0 Å². The first-order valence-corrected chi connectivity index (χ1v) is 6.52. The quantitative estimate of drug-likeness (QED) is 0.347. The van der Waals surface area contributed by atoms with E-state index in [2.05, 4.69) is 15.9 Å². The summed E-state index contributed by atoms with van der Waals surface area (Å²) in [5.41, 5.74) is 0.872. The van der Waals surface area contributed by atoms with E-state index in [1.165, 1.54) is 13.0 Å². The second-order valence-corrected chi connectivity index (χ2v) is 4.80. The van der Waals surface area contributed by atoms with Crippen molar-refractivity contribution >= 4 is 28.0 Å². The Kier molecular flexibility index (Phi) is 6.21. The van der Waals surface area contributed by atoms with E-state index >= 15 is 0 Å². The van der Waals surface area contributed by atoms with Crippen molar-refractivity contribution in [2.45, 2.75) is 19.8 Å². The fraction of sp³-hybridized carbons (Fsp3) is 0.308. The van der Waals surface area contributed by atoms with Crippen LogP contribution in [-0.4, -0.2) is 17.5 Å². The number of hydrogen-bond donors (Lipinski definition) is 0. The molecule has 0 unspecified atom stereocenters. The van der Waals surface area contributed by atoms with Crippen molar-refractivity contribution in [3.05, 3.63) is 50.1 Å². The van der Waals surface area contributed by atoms with E-state index in [4.69, 9.17) is 4.74 Å². The molecule has 0 saturated carbocycles. The Morgan fingerprint density at radius 2 is 2.05 bits per heavy atom. The number of halogens is 1. The third-order valence-corrected chi connectivity index (χ3v) is 2.85. The minimum absolute atomic E-state index is 0.106. The molecule has 5 nitrogen and oxygen atoms in total. The van der Waals surface area contributed by atoms with Crippen molar-refractivity contribution in [3.63, 3.8) is 0 Å². The molecule has 0 radical (unpaired) electrons. The van der Waals surface area contributed by atoms with Crippen LogP contribution < -0.4 is 0 Å². The van der Waals surface area contributed by atoms with Gasteiger partial charge >= 0.3 is 5.97 Å². The summed E-state index contributed by atoms with van der Waals surface area (Å²) in [5, 5.41) is 10.9. The lowest BCUT2D eigenvalue weighted by Gasteiger charge is -2.01. The normalized spacial score (nSPS) is 11.2. The number of benzene rings is 1. The highest BCUT2D eigenvalue weighted by Crippen LogP contribution is 2.15. The second kappa shape index (κ2) is 7.68. The van der Waals surface area contributed by atoms with Gasteiger partial charge in [-0.25, -0.2) is 0 Å². The van der Waals surface area contributed by atoms with Gasteiger partial charge in [0.25, 0.3) is 0 Å². The Balaban J connectivity index is 2.64. The number of allylic oxidation sites excluding steroid dienone is 1. The fourth-order valence-corrected chi connectivity index (χ4v) is 1.70. The molecular formula is C13H14BrNO4. The molecule has 0 bridgehead atoms. The van der Waals surface area contributed by atoms with Gasteiger partial charge in [-0.05, 0) is 24.1 Å². The van der Waals surface area contributed by atoms with Gasteiger partial charge in [0, 0.05) is 23.9 Å². The molecule has 0 amide bonds. The van der Waals surface area contributed by atoms with Crippen molar-refractivity contribution in [2.24, 2.45) is 0 Å². The minimum atomic E-state index is -0.407. The monoisotopic (exact) mass is 327 g/mol. The molecule has 0 aromatic heterocycles. The van der Waals surface area contributed by atoms with E-state index in [-0.39, 0.29) is 24.7 Å². The molecule has 102 valence electrons. The maximum absolute atomic E-state index is 10.9. The largest absolute Gasteiger partial charge is 0.466 e. The van der Waals surface area contributed by atoms with Crippen LogP contribution in [0.3, 0.4) is 0 Å². The maximum atomic E-state index is 10.9. The molecule has 0 saturated heterocycles. The first kappa shape index (κ1) is 15.4. The van der Waals surface area contributed by atoms with E-state index < -0.39 is 4.92 Å². The number of carbonyl (C=O) groups excluding carboxylic acids is 1. The average Bonchev–Trinajstić information content (AvgIpc) is 2.35. The third-order valence-electron chi connectivity index (χ3n) is 2.32. The summed E-state index contributed by atoms with van der Waals surface area (Å²) in [7, 11) is 0. The van der Waals surface area contributed by atoms with Gasteiger partial charge < -0.3 is 4.74 Å². The highest BCUT2D eigenvalue weighted by atomic mass is 79.9. The predicted molar refractivity (Wildman–Crippen MR) is 75.0 cm³/mol. The van der Waals surface area contributed by atoms with Gasteiger partial charge in [-0.2, -0.15) is 0 Å². The van der Waals surface area contributed by atoms with Crippen molar-refractivity contribution in [1.82, 2.24) is 0 Å². The van der Waals surface area contributed by atoms with Gasteiger partial charge in [0.15, 0.2) is 0 Å². The third kappa shape index (κ3) is 6.15. The van der Waals surface area contributed by atoms with Crippen LogP contribution in [0.15, 0.2) is 34.4 Å². The Hall–Kier alpha value is -1.69. The Morgan fingerprint density at radius 3 is 2.58 bits per heavy atom. The van der Waals surface area contributed by atoms with Gasteiger partial charge in [0.1, 0.15) is 0 Å². The van der Waals surface area contributed by atoms with E-state index in [1.807, 2.05) is 12.1 Å². The molecule has 0 fully saturated rings. The van der Waals surface area contributed by atoms with Crippen LogP contribution in [0, 0.1) is 10.1 Å². The highest BCUT2D eigenvalue weighted by molar-refractivity contribution is 9.10. The van der Waals surface area contributed by atoms with Crippen LogP contribution >= 0.6 is 15.9 Å². The molecule has 19 heavy (non-hydrogen) atoms. The summed E-state index contributed by atoms with van der Waals surface area (Å²) in [5.74, 6) is -0.375. The van der Waals surface area contributed by atoms with Crippen LogP contribution in [0.5, 0.6) is 0 Å². The van der Waals surface area contributed by atoms with E-state index in [9.17, 15) is 14.9 Å². The number of nitro groups is 1. The summed E-state index contributed by atoms with van der Waals surface area (Å²) in [6.45, 7) is 1.51. The summed E-state index contributed by atoms with van der Waals surface area (Å²) in [4.78, 5) is 21.1. The summed E-state index contributed by atoms with van der Waals surface area (Å²) < 4.78 is 5.66. The van der Waals surface area contributed by atoms with E-state index in [1.54, 1.807) is 12.1 Å². The number of ether oxygens (including phenoxy) is 1. The molecule has 0 aliphatic carbocycles. The number of rotatable bonds is 6. The van der Waals surface area contributed by atoms with Crippen molar-refractivity contribution in [3.8, 4) is 0 Å². The van der Waals surface area contributed by atoms with Gasteiger partial charge in [0.05, 0.1) is 11.5 Å². The Morgan fingerprint density at radius 1 is 1.42 bits per heavy atom. The summed E-state index contributed by atoms with van der Waals surface area (Å²) in [6.07, 6.45) is 2.22. The first-order chi connectivity index (χ1) is 8.99. The number of nitrogens with zero attached hydrogens (tertiary/aromatic N) is 1. The second-order valence-electron chi connectivity index (χ2n) is 3.89. The molecular weight excluding hydrogens is 314 g/mol. The number of esters is 1. The average molecular weight is 328 g/mol. The molecule has 6 heteroatoms. The molecule has 1 aromatic carbocycles. The molecule has 0 heterocycles.